The Morgan fingerprint density at radius 1 is 1.32 bits per heavy atom. The Morgan fingerprint density at radius 2 is 2.05 bits per heavy atom. The lowest BCUT2D eigenvalue weighted by molar-refractivity contribution is -0.145. The number of fused-ring (bicyclic) bond motifs is 1. The number of amides is 1. The maximum Gasteiger partial charge on any atom is 0.331 e. The van der Waals surface area contributed by atoms with Gasteiger partial charge in [0.15, 0.2) is 5.54 Å². The summed E-state index contributed by atoms with van der Waals surface area (Å²) in [5.74, 6) is -1.65. The number of hydrogen-bond donors (Lipinski definition) is 2. The van der Waals surface area contributed by atoms with E-state index in [0.29, 0.717) is 11.1 Å². The van der Waals surface area contributed by atoms with Crippen molar-refractivity contribution in [2.24, 2.45) is 0 Å². The van der Waals surface area contributed by atoms with E-state index in [9.17, 15) is 14.7 Å². The molecular formula is C16H18N2O4. The second-order valence-corrected chi connectivity index (χ2v) is 5.35. The summed E-state index contributed by atoms with van der Waals surface area (Å²) in [4.78, 5) is 28.3. The molecule has 0 aliphatic heterocycles. The second-order valence-electron chi connectivity index (χ2n) is 5.35. The van der Waals surface area contributed by atoms with E-state index < -0.39 is 17.4 Å². The standard InChI is InChI=1S/C16H18N2O4/c1-10-7-8-11-5-4-6-12(13(11)17-10)14(19)18-16(2,9-22-3)15(20)21/h4-8H,9H2,1-3H3,(H,18,19)(H,20,21). The Balaban J connectivity index is 2.41. The summed E-state index contributed by atoms with van der Waals surface area (Å²) in [5, 5.41) is 12.6. The third-order valence-corrected chi connectivity index (χ3v) is 3.40. The number of carbonyl (C=O) groups is 2. The van der Waals surface area contributed by atoms with Crippen LogP contribution in [0.3, 0.4) is 0 Å². The molecule has 0 fully saturated rings. The molecule has 0 saturated heterocycles. The highest BCUT2D eigenvalue weighted by atomic mass is 16.5. The molecule has 0 aliphatic carbocycles. The van der Waals surface area contributed by atoms with Gasteiger partial charge in [0.25, 0.3) is 5.91 Å². The second kappa shape index (κ2) is 6.11. The minimum atomic E-state index is -1.50. The van der Waals surface area contributed by atoms with Crippen molar-refractivity contribution in [2.75, 3.05) is 13.7 Å². The average Bonchev–Trinajstić information content (AvgIpc) is 2.46. The number of nitrogens with zero attached hydrogens (tertiary/aromatic N) is 1. The molecular weight excluding hydrogens is 284 g/mol. The van der Waals surface area contributed by atoms with E-state index in [-0.39, 0.29) is 6.61 Å². The van der Waals surface area contributed by atoms with Crippen LogP contribution in [-0.2, 0) is 9.53 Å². The van der Waals surface area contributed by atoms with E-state index >= 15 is 0 Å². The Hall–Kier alpha value is -2.47. The van der Waals surface area contributed by atoms with Crippen LogP contribution in [0.5, 0.6) is 0 Å². The number of carboxylic acids is 1. The number of rotatable bonds is 5. The van der Waals surface area contributed by atoms with Gasteiger partial charge in [-0.15, -0.1) is 0 Å². The van der Waals surface area contributed by atoms with Crippen molar-refractivity contribution in [1.29, 1.82) is 0 Å². The number of aromatic nitrogens is 1. The predicted octanol–water partition coefficient (Wildman–Crippen LogP) is 1.76. The first-order valence-corrected chi connectivity index (χ1v) is 6.78. The molecule has 0 aliphatic rings. The van der Waals surface area contributed by atoms with Gasteiger partial charge in [-0.25, -0.2) is 4.79 Å². The van der Waals surface area contributed by atoms with Crippen LogP contribution in [0.25, 0.3) is 10.9 Å². The summed E-state index contributed by atoms with van der Waals surface area (Å²) in [6.07, 6.45) is 0. The fourth-order valence-corrected chi connectivity index (χ4v) is 2.19. The molecule has 1 atom stereocenters. The van der Waals surface area contributed by atoms with Gasteiger partial charge in [0.05, 0.1) is 17.7 Å². The van der Waals surface area contributed by atoms with E-state index in [1.807, 2.05) is 25.1 Å². The molecule has 116 valence electrons. The largest absolute Gasteiger partial charge is 0.479 e. The lowest BCUT2D eigenvalue weighted by Gasteiger charge is -2.25. The summed E-state index contributed by atoms with van der Waals surface area (Å²) >= 11 is 0. The number of nitrogens with one attached hydrogen (secondary N) is 1. The lowest BCUT2D eigenvalue weighted by atomic mass is 10.0. The van der Waals surface area contributed by atoms with Gasteiger partial charge in [-0.2, -0.15) is 0 Å². The van der Waals surface area contributed by atoms with Crippen molar-refractivity contribution in [1.82, 2.24) is 10.3 Å². The molecule has 1 aromatic heterocycles. The maximum absolute atomic E-state index is 12.5. The van der Waals surface area contributed by atoms with Crippen molar-refractivity contribution < 1.29 is 19.4 Å². The van der Waals surface area contributed by atoms with Gasteiger partial charge in [-0.3, -0.25) is 9.78 Å². The summed E-state index contributed by atoms with van der Waals surface area (Å²) < 4.78 is 4.90. The van der Waals surface area contributed by atoms with Gasteiger partial charge in [-0.1, -0.05) is 18.2 Å². The first-order chi connectivity index (χ1) is 10.4. The number of benzene rings is 1. The first-order valence-electron chi connectivity index (χ1n) is 6.78. The number of aryl methyl sites for hydroxylation is 1. The van der Waals surface area contributed by atoms with Crippen LogP contribution in [0.4, 0.5) is 0 Å². The smallest absolute Gasteiger partial charge is 0.331 e. The van der Waals surface area contributed by atoms with E-state index in [1.54, 1.807) is 12.1 Å². The Kier molecular flexibility index (Phi) is 4.42. The minimum absolute atomic E-state index is 0.134. The minimum Gasteiger partial charge on any atom is -0.479 e. The molecule has 6 heteroatoms. The van der Waals surface area contributed by atoms with Gasteiger partial charge in [0, 0.05) is 18.2 Å². The van der Waals surface area contributed by atoms with Gasteiger partial charge >= 0.3 is 5.97 Å². The van der Waals surface area contributed by atoms with Gasteiger partial charge < -0.3 is 15.2 Å². The molecule has 1 heterocycles. The van der Waals surface area contributed by atoms with Crippen molar-refractivity contribution in [2.45, 2.75) is 19.4 Å². The molecule has 0 spiro atoms. The van der Waals surface area contributed by atoms with Crippen LogP contribution < -0.4 is 5.32 Å². The maximum atomic E-state index is 12.5. The predicted molar refractivity (Wildman–Crippen MR) is 81.9 cm³/mol. The molecule has 1 unspecified atom stereocenters. The third kappa shape index (κ3) is 3.07. The number of methoxy groups -OCH3 is 1. The van der Waals surface area contributed by atoms with E-state index in [2.05, 4.69) is 10.3 Å². The molecule has 1 aromatic carbocycles. The third-order valence-electron chi connectivity index (χ3n) is 3.40. The summed E-state index contributed by atoms with van der Waals surface area (Å²) in [7, 11) is 1.39. The molecule has 1 amide bonds. The molecule has 2 aromatic rings. The zero-order chi connectivity index (χ0) is 16.3. The highest BCUT2D eigenvalue weighted by molar-refractivity contribution is 6.07. The zero-order valence-electron chi connectivity index (χ0n) is 12.7. The quantitative estimate of drug-likeness (QED) is 0.878. The van der Waals surface area contributed by atoms with Gasteiger partial charge in [0.2, 0.25) is 0 Å². The summed E-state index contributed by atoms with van der Waals surface area (Å²) in [6.45, 7) is 3.10. The SMILES string of the molecule is COCC(C)(NC(=O)c1cccc2ccc(C)nc12)C(=O)O. The van der Waals surface area contributed by atoms with Crippen molar-refractivity contribution in [3.8, 4) is 0 Å². The van der Waals surface area contributed by atoms with Crippen LogP contribution in [0, 0.1) is 6.92 Å². The van der Waals surface area contributed by atoms with Crippen LogP contribution in [-0.4, -0.2) is 41.2 Å². The number of ether oxygens (including phenoxy) is 1. The highest BCUT2D eigenvalue weighted by Gasteiger charge is 2.35. The first kappa shape index (κ1) is 15.9. The molecule has 22 heavy (non-hydrogen) atoms. The molecule has 6 nitrogen and oxygen atoms in total. The summed E-state index contributed by atoms with van der Waals surface area (Å²) in [5.41, 5.74) is 0.165. The van der Waals surface area contributed by atoms with Crippen molar-refractivity contribution in [3.05, 3.63) is 41.6 Å². The Labute approximate surface area is 128 Å². The number of carboxylic acid groups (broad SMARTS) is 1. The van der Waals surface area contributed by atoms with E-state index in [1.165, 1.54) is 14.0 Å². The number of para-hydroxylation sites is 1. The lowest BCUT2D eigenvalue weighted by Crippen LogP contribution is -2.55. The van der Waals surface area contributed by atoms with E-state index in [4.69, 9.17) is 4.74 Å². The van der Waals surface area contributed by atoms with Gasteiger partial charge in [-0.05, 0) is 26.0 Å². The monoisotopic (exact) mass is 302 g/mol. The molecule has 0 radical (unpaired) electrons. The average molecular weight is 302 g/mol. The molecule has 2 rings (SSSR count). The van der Waals surface area contributed by atoms with Crippen LogP contribution >= 0.6 is 0 Å². The number of aliphatic carboxylic acids is 1. The summed E-state index contributed by atoms with van der Waals surface area (Å²) in [6, 6.07) is 8.95. The van der Waals surface area contributed by atoms with Crippen LogP contribution in [0.15, 0.2) is 30.3 Å². The van der Waals surface area contributed by atoms with Crippen LogP contribution in [0.1, 0.15) is 23.0 Å². The van der Waals surface area contributed by atoms with Gasteiger partial charge in [0.1, 0.15) is 0 Å². The Morgan fingerprint density at radius 3 is 2.68 bits per heavy atom. The fourth-order valence-electron chi connectivity index (χ4n) is 2.19. The number of pyridine rings is 1. The van der Waals surface area contributed by atoms with Crippen LogP contribution in [0.2, 0.25) is 0 Å². The van der Waals surface area contributed by atoms with Crippen molar-refractivity contribution in [3.63, 3.8) is 0 Å². The highest BCUT2D eigenvalue weighted by Crippen LogP contribution is 2.18. The normalized spacial score (nSPS) is 13.6. The zero-order valence-corrected chi connectivity index (χ0v) is 12.7. The van der Waals surface area contributed by atoms with E-state index in [0.717, 1.165) is 11.1 Å². The topological polar surface area (TPSA) is 88.5 Å². The number of hydrogen-bond acceptors (Lipinski definition) is 4. The fraction of sp³-hybridized carbons (Fsp3) is 0.312. The molecule has 0 saturated carbocycles. The number of carbonyl (C=O) groups excluding carboxylic acids is 1. The molecule has 2 N–H and O–H groups in total. The molecule has 0 bridgehead atoms. The van der Waals surface area contributed by atoms with Crippen molar-refractivity contribution >= 4 is 22.8 Å². The Bertz CT molecular complexity index is 729.